The molecule has 12 nitrogen and oxygen atoms in total. The van der Waals surface area contributed by atoms with E-state index < -0.39 is 9.84 Å². The van der Waals surface area contributed by atoms with Gasteiger partial charge in [0.25, 0.3) is 5.56 Å². The van der Waals surface area contributed by atoms with Crippen LogP contribution in [-0.2, 0) is 16.4 Å². The number of hydrogen-bond donors (Lipinski definition) is 2. The van der Waals surface area contributed by atoms with Crippen LogP contribution in [0.1, 0.15) is 68.6 Å². The van der Waals surface area contributed by atoms with Crippen molar-refractivity contribution in [2.45, 2.75) is 69.9 Å². The van der Waals surface area contributed by atoms with Crippen molar-refractivity contribution >= 4 is 32.9 Å². The highest BCUT2D eigenvalue weighted by atomic mass is 32.2. The molecule has 0 radical (unpaired) electrons. The van der Waals surface area contributed by atoms with E-state index in [1.54, 1.807) is 23.8 Å². The number of hydrogen-bond acceptors (Lipinski definition) is 11. The minimum absolute atomic E-state index is 0.00156. The fourth-order valence-electron chi connectivity index (χ4n) is 5.01. The fourth-order valence-corrected chi connectivity index (χ4v) is 5.83. The summed E-state index contributed by atoms with van der Waals surface area (Å²) < 4.78 is 25.9. The molecule has 0 saturated heterocycles. The Kier molecular flexibility index (Phi) is 6.48. The van der Waals surface area contributed by atoms with Gasteiger partial charge in [-0.15, -0.1) is 0 Å². The standard InChI is InChI=1S/C27H31N9O3S/c1-4-40(38,39)19-10-9-18(29-12-19)11-30-24-26(37)36(15(3)16-5-6-16)25-23(35-24)31-13-20(33-25)21-14(2)32-27(28)34-22(21)17-7-8-17/h9-10,12-13,15-17H,4-8,11H2,1-3H3,(H2,28,32,34)(H,30,31,35)/t15-/m0/s1. The van der Waals surface area contributed by atoms with E-state index in [0.717, 1.165) is 42.6 Å². The van der Waals surface area contributed by atoms with Crippen molar-refractivity contribution in [1.82, 2.24) is 34.5 Å². The van der Waals surface area contributed by atoms with E-state index in [1.807, 2.05) is 13.8 Å². The van der Waals surface area contributed by atoms with Crippen LogP contribution >= 0.6 is 0 Å². The zero-order valence-electron chi connectivity index (χ0n) is 22.6. The first kappa shape index (κ1) is 26.2. The van der Waals surface area contributed by atoms with Crippen molar-refractivity contribution in [2.24, 2.45) is 5.92 Å². The number of nitrogens with one attached hydrogen (secondary N) is 1. The van der Waals surface area contributed by atoms with Crippen LogP contribution in [0, 0.1) is 12.8 Å². The Morgan fingerprint density at radius 3 is 2.50 bits per heavy atom. The first-order valence-electron chi connectivity index (χ1n) is 13.5. The van der Waals surface area contributed by atoms with E-state index in [-0.39, 0.29) is 40.6 Å². The number of anilines is 2. The first-order chi connectivity index (χ1) is 19.2. The zero-order chi connectivity index (χ0) is 28.2. The van der Waals surface area contributed by atoms with Crippen LogP contribution < -0.4 is 16.6 Å². The molecule has 2 saturated carbocycles. The highest BCUT2D eigenvalue weighted by molar-refractivity contribution is 7.91. The van der Waals surface area contributed by atoms with Crippen molar-refractivity contribution in [1.29, 1.82) is 0 Å². The molecule has 2 fully saturated rings. The summed E-state index contributed by atoms with van der Waals surface area (Å²) in [5.41, 5.74) is 10.00. The summed E-state index contributed by atoms with van der Waals surface area (Å²) in [6, 6.07) is 3.06. The van der Waals surface area contributed by atoms with Gasteiger partial charge in [0, 0.05) is 23.7 Å². The van der Waals surface area contributed by atoms with Crippen LogP contribution in [-0.4, -0.2) is 48.6 Å². The van der Waals surface area contributed by atoms with E-state index in [9.17, 15) is 13.2 Å². The molecule has 3 N–H and O–H groups in total. The van der Waals surface area contributed by atoms with Gasteiger partial charge in [-0.25, -0.2) is 33.3 Å². The molecule has 2 aliphatic rings. The number of nitrogens with two attached hydrogens (primary N) is 1. The maximum atomic E-state index is 13.8. The number of rotatable bonds is 9. The number of aromatic nitrogens is 7. The topological polar surface area (TPSA) is 172 Å². The monoisotopic (exact) mass is 561 g/mol. The molecule has 2 aliphatic carbocycles. The smallest absolute Gasteiger partial charge is 0.295 e. The largest absolute Gasteiger partial charge is 0.368 e. The van der Waals surface area contributed by atoms with Crippen LogP contribution in [0.3, 0.4) is 0 Å². The van der Waals surface area contributed by atoms with E-state index in [4.69, 9.17) is 10.7 Å². The Hall–Kier alpha value is -4.00. The lowest BCUT2D eigenvalue weighted by Crippen LogP contribution is -2.29. The SMILES string of the molecule is CCS(=O)(=O)c1ccc(CNc2nc3ncc(-c4c(C)nc(N)nc4C4CC4)nc3n([C@@H](C)C3CC3)c2=O)nc1. The molecule has 0 unspecified atom stereocenters. The Bertz CT molecular complexity index is 1780. The zero-order valence-corrected chi connectivity index (χ0v) is 23.4. The molecule has 40 heavy (non-hydrogen) atoms. The molecule has 0 amide bonds. The van der Waals surface area contributed by atoms with Crippen molar-refractivity contribution in [3.05, 3.63) is 52.0 Å². The van der Waals surface area contributed by atoms with Gasteiger partial charge in [-0.1, -0.05) is 6.92 Å². The van der Waals surface area contributed by atoms with Crippen LogP contribution in [0.5, 0.6) is 0 Å². The lowest BCUT2D eigenvalue weighted by molar-refractivity contribution is 0.482. The summed E-state index contributed by atoms with van der Waals surface area (Å²) in [5, 5.41) is 3.08. The second-order valence-corrected chi connectivity index (χ2v) is 12.8. The highest BCUT2D eigenvalue weighted by Gasteiger charge is 2.33. The van der Waals surface area contributed by atoms with E-state index in [1.165, 1.54) is 12.3 Å². The third-order valence-corrected chi connectivity index (χ3v) is 9.36. The van der Waals surface area contributed by atoms with Crippen LogP contribution in [0.25, 0.3) is 22.6 Å². The third kappa shape index (κ3) is 4.89. The normalized spacial score (nSPS) is 16.3. The summed E-state index contributed by atoms with van der Waals surface area (Å²) in [5.74, 6) is 1.07. The number of nitrogen functional groups attached to an aromatic ring is 1. The van der Waals surface area contributed by atoms with Crippen LogP contribution in [0.2, 0.25) is 0 Å². The molecule has 0 spiro atoms. The summed E-state index contributed by atoms with van der Waals surface area (Å²) in [7, 11) is -3.34. The van der Waals surface area contributed by atoms with Crippen molar-refractivity contribution in [3.63, 3.8) is 0 Å². The molecule has 4 aromatic rings. The molecular formula is C27H31N9O3S. The van der Waals surface area contributed by atoms with Gasteiger partial charge >= 0.3 is 0 Å². The van der Waals surface area contributed by atoms with E-state index in [2.05, 4.69) is 30.2 Å². The highest BCUT2D eigenvalue weighted by Crippen LogP contribution is 2.44. The van der Waals surface area contributed by atoms with Gasteiger partial charge < -0.3 is 11.1 Å². The molecule has 13 heteroatoms. The Labute approximate surface area is 231 Å². The van der Waals surface area contributed by atoms with Gasteiger partial charge in [0.05, 0.1) is 46.2 Å². The Morgan fingerprint density at radius 1 is 1.07 bits per heavy atom. The summed E-state index contributed by atoms with van der Waals surface area (Å²) in [4.78, 5) is 41.2. The molecule has 4 aromatic heterocycles. The fraction of sp³-hybridized carbons (Fsp3) is 0.444. The molecule has 4 heterocycles. The third-order valence-electron chi connectivity index (χ3n) is 7.64. The first-order valence-corrected chi connectivity index (χ1v) is 15.2. The average molecular weight is 562 g/mol. The second-order valence-electron chi connectivity index (χ2n) is 10.6. The van der Waals surface area contributed by atoms with E-state index >= 15 is 0 Å². The van der Waals surface area contributed by atoms with Crippen LogP contribution in [0.15, 0.2) is 34.2 Å². The number of fused-ring (bicyclic) bond motifs is 1. The number of pyridine rings is 1. The number of sulfone groups is 1. The summed E-state index contributed by atoms with van der Waals surface area (Å²) in [6.07, 6.45) is 7.15. The van der Waals surface area contributed by atoms with Gasteiger partial charge in [0.15, 0.2) is 26.9 Å². The maximum absolute atomic E-state index is 13.8. The number of aryl methyl sites for hydroxylation is 1. The van der Waals surface area contributed by atoms with Gasteiger partial charge in [-0.05, 0) is 57.6 Å². The predicted octanol–water partition coefficient (Wildman–Crippen LogP) is 3.18. The molecule has 0 aromatic carbocycles. The Morgan fingerprint density at radius 2 is 1.85 bits per heavy atom. The molecule has 0 aliphatic heterocycles. The average Bonchev–Trinajstić information content (AvgIpc) is 3.85. The molecule has 1 atom stereocenters. The molecular weight excluding hydrogens is 530 g/mol. The minimum atomic E-state index is -3.34. The maximum Gasteiger partial charge on any atom is 0.295 e. The van der Waals surface area contributed by atoms with E-state index in [0.29, 0.717) is 34.5 Å². The van der Waals surface area contributed by atoms with Crippen molar-refractivity contribution < 1.29 is 8.42 Å². The van der Waals surface area contributed by atoms with Gasteiger partial charge in [-0.2, -0.15) is 0 Å². The second kappa shape index (κ2) is 9.88. The van der Waals surface area contributed by atoms with Gasteiger partial charge in [-0.3, -0.25) is 14.3 Å². The van der Waals surface area contributed by atoms with Gasteiger partial charge in [0.1, 0.15) is 0 Å². The van der Waals surface area contributed by atoms with Crippen LogP contribution in [0.4, 0.5) is 11.8 Å². The Balaban J connectivity index is 1.39. The van der Waals surface area contributed by atoms with Crippen molar-refractivity contribution in [2.75, 3.05) is 16.8 Å². The lowest BCUT2D eigenvalue weighted by Gasteiger charge is -2.19. The molecule has 208 valence electrons. The predicted molar refractivity (Wildman–Crippen MR) is 150 cm³/mol. The minimum Gasteiger partial charge on any atom is -0.368 e. The summed E-state index contributed by atoms with van der Waals surface area (Å²) >= 11 is 0. The number of nitrogens with zero attached hydrogens (tertiary/aromatic N) is 7. The quantitative estimate of drug-likeness (QED) is 0.307. The molecule has 6 rings (SSSR count). The van der Waals surface area contributed by atoms with Gasteiger partial charge in [0.2, 0.25) is 5.95 Å². The summed E-state index contributed by atoms with van der Waals surface area (Å²) in [6.45, 7) is 5.69. The lowest BCUT2D eigenvalue weighted by atomic mass is 10.1. The van der Waals surface area contributed by atoms with Crippen molar-refractivity contribution in [3.8, 4) is 11.3 Å². The molecule has 0 bridgehead atoms.